The molecule has 6 N–H and O–H groups in total. The van der Waals surface area contributed by atoms with Crippen molar-refractivity contribution in [3.05, 3.63) is 0 Å². The first-order chi connectivity index (χ1) is 22.8. The van der Waals surface area contributed by atoms with Crippen molar-refractivity contribution in [1.29, 1.82) is 0 Å². The van der Waals surface area contributed by atoms with Crippen LogP contribution in [-0.2, 0) is 53.7 Å². The molecule has 0 aliphatic carbocycles. The van der Waals surface area contributed by atoms with Gasteiger partial charge in [-0.15, -0.1) is 0 Å². The van der Waals surface area contributed by atoms with E-state index in [1.54, 1.807) is 0 Å². The highest BCUT2D eigenvalue weighted by atomic mass is 32.1. The molecule has 0 aromatic carbocycles. The number of carbonyl (C=O) groups is 12. The van der Waals surface area contributed by atoms with Crippen LogP contribution in [0, 0.1) is 0 Å². The van der Waals surface area contributed by atoms with E-state index in [0.717, 1.165) is 8.97 Å². The van der Waals surface area contributed by atoms with Gasteiger partial charge in [-0.1, -0.05) is 50.5 Å². The van der Waals surface area contributed by atoms with Gasteiger partial charge in [0.2, 0.25) is 0 Å². The van der Waals surface area contributed by atoms with Crippen LogP contribution in [0.5, 0.6) is 0 Å². The first-order valence-electron chi connectivity index (χ1n) is 11.1. The van der Waals surface area contributed by atoms with Crippen LogP contribution in [0.15, 0.2) is 0 Å². The van der Waals surface area contributed by atoms with E-state index in [-0.39, 0.29) is 0 Å². The Morgan fingerprint density at radius 2 is 0.442 bits per heavy atom. The Labute approximate surface area is 325 Å². The summed E-state index contributed by atoms with van der Waals surface area (Å²) in [5.41, 5.74) is 0. The zero-order chi connectivity index (χ0) is 44.2. The highest BCUT2D eigenvalue weighted by Gasteiger charge is 2.01. The number of hydrogen-bond donors (Lipinski definition) is 10. The van der Waals surface area contributed by atoms with Crippen molar-refractivity contribution in [1.82, 2.24) is 0 Å². The third kappa shape index (κ3) is 238. The summed E-state index contributed by atoms with van der Waals surface area (Å²) in [6.45, 7) is 0. The van der Waals surface area contributed by atoms with Gasteiger partial charge in [0.05, 0.1) is 56.4 Å². The first kappa shape index (κ1) is 65.7. The summed E-state index contributed by atoms with van der Waals surface area (Å²) >= 11 is 19.4. The normalized spacial score (nSPS) is 8.38. The molecule has 0 aromatic heterocycles. The minimum atomic E-state index is -1.67. The van der Waals surface area contributed by atoms with E-state index < -0.39 is 68.7 Å². The minimum absolute atomic E-state index is 1.00. The summed E-state index contributed by atoms with van der Waals surface area (Å²) in [5, 5.41) is 38.6. The monoisotopic (exact) mass is 878 g/mol. The van der Waals surface area contributed by atoms with Crippen molar-refractivity contribution in [2.45, 2.75) is 0 Å². The Kier molecular flexibility index (Phi) is 49.5. The number of hydrogen-bond acceptors (Lipinski definition) is 20. The van der Waals surface area contributed by atoms with Crippen molar-refractivity contribution in [2.75, 3.05) is 56.4 Å². The zero-order valence-electron chi connectivity index (χ0n) is 27.5. The fourth-order valence-electron chi connectivity index (χ4n) is 0.441. The van der Waals surface area contributed by atoms with Gasteiger partial charge in [0.25, 0.3) is 0 Å². The Balaban J connectivity index is -0.0000000711. The van der Waals surface area contributed by atoms with Crippen molar-refractivity contribution < 1.29 is 126 Å². The van der Waals surface area contributed by atoms with Crippen LogP contribution < -0.4 is 0 Å². The number of quaternary nitrogens is 2. The molecule has 0 fully saturated rings. The van der Waals surface area contributed by atoms with Crippen LogP contribution in [0.1, 0.15) is 0 Å². The van der Waals surface area contributed by atoms with Gasteiger partial charge in [0.1, 0.15) is 0 Å². The summed E-state index contributed by atoms with van der Waals surface area (Å²) in [4.78, 5) is 113. The highest BCUT2D eigenvalue weighted by molar-refractivity contribution is 7.96. The largest absolute Gasteiger partial charge is 0.697 e. The van der Waals surface area contributed by atoms with Crippen LogP contribution in [0.2, 0.25) is 0 Å². The van der Waals surface area contributed by atoms with Crippen molar-refractivity contribution in [3.8, 4) is 0 Å². The van der Waals surface area contributed by atoms with Gasteiger partial charge in [-0.2, -0.15) is 0 Å². The molecule has 26 nitrogen and oxygen atoms in total. The molecule has 0 aliphatic rings. The average Bonchev–Trinajstić information content (AvgIpc) is 2.73. The van der Waals surface area contributed by atoms with Crippen molar-refractivity contribution in [3.63, 3.8) is 0 Å². The van der Waals surface area contributed by atoms with Crippen LogP contribution >= 0.6 is 50.5 Å². The van der Waals surface area contributed by atoms with Crippen molar-refractivity contribution in [2.24, 2.45) is 0 Å². The maximum absolute atomic E-state index is 9.52. The Morgan fingerprint density at radius 3 is 0.442 bits per heavy atom. The molecule has 0 saturated heterocycles. The lowest BCUT2D eigenvalue weighted by atomic mass is 10.8. The predicted molar refractivity (Wildman–Crippen MR) is 186 cm³/mol. The van der Waals surface area contributed by atoms with Crippen molar-refractivity contribution >= 4 is 145 Å². The van der Waals surface area contributed by atoms with E-state index in [2.05, 4.69) is 161 Å². The highest BCUT2D eigenvalue weighted by Crippen LogP contribution is 1.86. The number of rotatable bonds is 0. The number of ether oxygens (including phenoxy) is 6. The predicted octanol–water partition coefficient (Wildman–Crippen LogP) is 4.26. The molecule has 52 heavy (non-hydrogen) atoms. The molecule has 0 spiro atoms. The summed E-state index contributed by atoms with van der Waals surface area (Å²) in [7, 11) is 17.0. The molecule has 0 amide bonds. The zero-order valence-corrected chi connectivity index (χ0v) is 32.7. The Morgan fingerprint density at radius 1 is 0.346 bits per heavy atom. The fraction of sp³-hybridized carbons (Fsp3) is 0.400. The van der Waals surface area contributed by atoms with Gasteiger partial charge < -0.3 is 93.3 Å². The number of carbonyl (C=O) groups excluding carboxylic acids is 6. The molecular weight excluding hydrogens is 845 g/mol. The van der Waals surface area contributed by atoms with Gasteiger partial charge in [-0.25, -0.2) is 47.9 Å². The molecule has 0 radical (unpaired) electrons. The smallest absolute Gasteiger partial charge is 0.514 e. The lowest BCUT2D eigenvalue weighted by Gasteiger charge is -2.14. The molecule has 0 bridgehead atoms. The Hall–Kier alpha value is -4.60. The number of thiol groups is 4. The molecule has 0 saturated carbocycles. The van der Waals surface area contributed by atoms with Crippen LogP contribution in [0.3, 0.4) is 0 Å². The lowest BCUT2D eigenvalue weighted by Crippen LogP contribution is -2.27. The van der Waals surface area contributed by atoms with E-state index in [1.807, 2.05) is 0 Å². The number of carboxylic acid groups (broad SMARTS) is 6. The second-order valence-corrected chi connectivity index (χ2v) is 11.3. The third-order valence-electron chi connectivity index (χ3n) is 1.04. The molecule has 0 unspecified atom stereocenters. The molecular formula is C20H34N2O24S6. The second-order valence-electron chi connectivity index (χ2n) is 9.14. The van der Waals surface area contributed by atoms with Gasteiger partial charge in [-0.3, -0.25) is 9.59 Å². The number of nitrogens with zero attached hydrogens (tertiary/aromatic N) is 2. The van der Waals surface area contributed by atoms with Crippen LogP contribution in [0.25, 0.3) is 0 Å². The van der Waals surface area contributed by atoms with E-state index >= 15 is 0 Å². The molecule has 0 atom stereocenters. The topological polar surface area (TPSA) is 382 Å². The minimum Gasteiger partial charge on any atom is -0.697 e. The summed E-state index contributed by atoms with van der Waals surface area (Å²) < 4.78 is 22.3. The summed E-state index contributed by atoms with van der Waals surface area (Å²) in [6, 6.07) is 0. The van der Waals surface area contributed by atoms with Gasteiger partial charge in [-0.05, 0) is 0 Å². The summed E-state index contributed by atoms with van der Waals surface area (Å²) in [6.07, 6.45) is -9.89. The quantitative estimate of drug-likeness (QED) is 0.0405. The maximum atomic E-state index is 9.52. The molecule has 0 aliphatic heterocycles. The van der Waals surface area contributed by atoms with Crippen LogP contribution in [0.4, 0.5) is 57.5 Å². The third-order valence-corrected chi connectivity index (χ3v) is 1.57. The van der Waals surface area contributed by atoms with Crippen LogP contribution in [-0.4, -0.2) is 165 Å². The first-order valence-corrected chi connectivity index (χ1v) is 13.7. The second kappa shape index (κ2) is 39.2. The van der Waals surface area contributed by atoms with E-state index in [1.165, 1.54) is 0 Å². The van der Waals surface area contributed by atoms with Gasteiger partial charge >= 0.3 is 58.1 Å². The fourth-order valence-corrected chi connectivity index (χ4v) is 0.896. The maximum Gasteiger partial charge on any atom is 0.514 e. The van der Waals surface area contributed by atoms with E-state index in [0.29, 0.717) is 0 Å². The van der Waals surface area contributed by atoms with Gasteiger partial charge in [0.15, 0.2) is 10.6 Å². The SMILES string of the molecule is C[N+](C)(C)C.C[N+](C)(C)C.O=C(O)OC(=O)S.O=C(O)OC(=O)S.O=C(O)OC(=O)S.O=C(O)OC(=O)S.O=C(O)OC(=O)[S-].O=C(O)OC(=O)[S-]. The molecule has 304 valence electrons. The van der Waals surface area contributed by atoms with E-state index in [4.69, 9.17) is 30.6 Å². The standard InChI is InChI=1S/2C4H12N.6C2H2O4S/c2*1-5(2,3)4;6*3-1(4)6-2(5)7/h2*1-4H3;6*(H,3,4)(H,5,7)/q2*+1;;;;;;/p-2. The summed E-state index contributed by atoms with van der Waals surface area (Å²) in [5.74, 6) is 0. The molecule has 0 heterocycles. The lowest BCUT2D eigenvalue weighted by molar-refractivity contribution is -0.849. The molecule has 0 aromatic rings. The molecule has 32 heteroatoms. The van der Waals surface area contributed by atoms with Gasteiger partial charge in [0, 0.05) is 0 Å². The van der Waals surface area contributed by atoms with E-state index in [9.17, 15) is 57.5 Å². The molecule has 0 rings (SSSR count). The average molecular weight is 879 g/mol. The Bertz CT molecular complexity index is 886.